The van der Waals surface area contributed by atoms with Gasteiger partial charge in [-0.05, 0) is 32.1 Å². The first kappa shape index (κ1) is 41.7. The van der Waals surface area contributed by atoms with Crippen LogP contribution in [-0.2, 0) is 39.5 Å². The van der Waals surface area contributed by atoms with Crippen molar-refractivity contribution in [1.29, 1.82) is 0 Å². The molecule has 5 atom stereocenters. The Morgan fingerprint density at radius 1 is 0.636 bits per heavy atom. The molecule has 0 unspecified atom stereocenters. The van der Waals surface area contributed by atoms with Gasteiger partial charge in [-0.3, -0.25) is 0 Å². The Hall–Kier alpha value is -4.45. The Balaban J connectivity index is 1.67. The Kier molecular flexibility index (Phi) is 15.5. The number of aliphatic hydroxyl groups excluding tert-OH is 1. The van der Waals surface area contributed by atoms with Crippen molar-refractivity contribution in [2.75, 3.05) is 34.4 Å². The molecule has 1 N–H and O–H groups in total. The molecular weight excluding hydrogens is 709 g/mol. The van der Waals surface area contributed by atoms with Crippen LogP contribution in [0.5, 0.6) is 0 Å². The van der Waals surface area contributed by atoms with E-state index in [9.17, 15) is 9.90 Å². The highest BCUT2D eigenvalue weighted by Crippen LogP contribution is 2.41. The minimum atomic E-state index is -3.07. The zero-order valence-corrected chi connectivity index (χ0v) is 33.5. The molecule has 0 amide bonds. The van der Waals surface area contributed by atoms with E-state index < -0.39 is 44.4 Å². The standard InChI is InChI=1S/C46H54O8Si/c1-46(2,3)55(38-27-17-9-18-28-38,39-29-19-10-20-30-39)54-32-40(52-34-51-31-35-21-11-6-12-22-35)41(36-23-13-7-14-24-36)44(53-33-49-4)42(43(47)45(48)50-5)37-25-15-8-16-26-37/h6-30,40-44,47H,31-34H2,1-5H3/t40-,41-,42-,43-,44+/m1/s1. The molecule has 0 radical (unpaired) electrons. The number of carbonyl (C=O) groups is 1. The molecule has 0 heterocycles. The second kappa shape index (κ2) is 20.5. The molecule has 0 aromatic heterocycles. The van der Waals surface area contributed by atoms with Crippen LogP contribution in [0.3, 0.4) is 0 Å². The van der Waals surface area contributed by atoms with Gasteiger partial charge in [-0.2, -0.15) is 0 Å². The molecule has 0 saturated heterocycles. The molecule has 0 aliphatic heterocycles. The number of benzene rings is 5. The average Bonchev–Trinajstić information content (AvgIpc) is 3.22. The predicted octanol–water partition coefficient (Wildman–Crippen LogP) is 7.21. The molecule has 9 heteroatoms. The molecule has 0 aliphatic carbocycles. The van der Waals surface area contributed by atoms with Gasteiger partial charge in [0.15, 0.2) is 6.10 Å². The molecule has 0 bridgehead atoms. The second-order valence-electron chi connectivity index (χ2n) is 14.5. The summed E-state index contributed by atoms with van der Waals surface area (Å²) in [6.45, 7) is 7.00. The van der Waals surface area contributed by atoms with E-state index in [1.165, 1.54) is 7.11 Å². The van der Waals surface area contributed by atoms with Crippen molar-refractivity contribution in [3.63, 3.8) is 0 Å². The Morgan fingerprint density at radius 3 is 1.58 bits per heavy atom. The maximum atomic E-state index is 13.2. The number of methoxy groups -OCH3 is 2. The molecule has 0 fully saturated rings. The van der Waals surface area contributed by atoms with Gasteiger partial charge < -0.3 is 33.2 Å². The van der Waals surface area contributed by atoms with Gasteiger partial charge in [0.1, 0.15) is 13.6 Å². The number of aliphatic hydroxyl groups is 1. The SMILES string of the molecule is COCO[C@@H]([C@H](c1ccccc1)[C@@H](CO[Si](c1ccccc1)(c1ccccc1)C(C)(C)C)OCOCc1ccccc1)[C@H](c1ccccc1)[C@@H](O)C(=O)OC. The third kappa shape index (κ3) is 10.4. The summed E-state index contributed by atoms with van der Waals surface area (Å²) in [5.74, 6) is -2.28. The Labute approximate surface area is 327 Å². The lowest BCUT2D eigenvalue weighted by Gasteiger charge is -2.45. The van der Waals surface area contributed by atoms with Gasteiger partial charge in [0.05, 0.1) is 32.5 Å². The maximum Gasteiger partial charge on any atom is 0.335 e. The quantitative estimate of drug-likeness (QED) is 0.0385. The van der Waals surface area contributed by atoms with E-state index in [1.807, 2.05) is 103 Å². The summed E-state index contributed by atoms with van der Waals surface area (Å²) in [5, 5.41) is 13.7. The van der Waals surface area contributed by atoms with Crippen LogP contribution in [0.15, 0.2) is 152 Å². The third-order valence-electron chi connectivity index (χ3n) is 10.00. The highest BCUT2D eigenvalue weighted by atomic mass is 28.4. The second-order valence-corrected chi connectivity index (χ2v) is 18.8. The largest absolute Gasteiger partial charge is 0.467 e. The van der Waals surface area contributed by atoms with Crippen molar-refractivity contribution in [3.8, 4) is 0 Å². The monoisotopic (exact) mass is 762 g/mol. The van der Waals surface area contributed by atoms with Crippen LogP contribution in [-0.4, -0.2) is 72.1 Å². The molecule has 0 aliphatic rings. The summed E-state index contributed by atoms with van der Waals surface area (Å²) >= 11 is 0. The lowest BCUT2D eigenvalue weighted by atomic mass is 9.76. The van der Waals surface area contributed by atoms with Crippen LogP contribution in [0.25, 0.3) is 0 Å². The van der Waals surface area contributed by atoms with E-state index in [1.54, 1.807) is 7.11 Å². The Bertz CT molecular complexity index is 1780. The van der Waals surface area contributed by atoms with Crippen LogP contribution in [0.1, 0.15) is 49.3 Å². The number of carbonyl (C=O) groups excluding carboxylic acids is 1. The van der Waals surface area contributed by atoms with Crippen LogP contribution < -0.4 is 10.4 Å². The summed E-state index contributed by atoms with van der Waals surface area (Å²) in [6, 6.07) is 50.0. The number of esters is 1. The average molecular weight is 763 g/mol. The minimum absolute atomic E-state index is 0.0560. The molecule has 0 spiro atoms. The highest BCUT2D eigenvalue weighted by molar-refractivity contribution is 6.99. The first-order chi connectivity index (χ1) is 26.7. The zero-order valence-electron chi connectivity index (χ0n) is 32.5. The Morgan fingerprint density at radius 2 is 1.11 bits per heavy atom. The van der Waals surface area contributed by atoms with Gasteiger partial charge >= 0.3 is 5.97 Å². The lowest BCUT2D eigenvalue weighted by Crippen LogP contribution is -2.67. The molecule has 8 nitrogen and oxygen atoms in total. The van der Waals surface area contributed by atoms with Crippen LogP contribution in [0.2, 0.25) is 5.04 Å². The molecule has 55 heavy (non-hydrogen) atoms. The van der Waals surface area contributed by atoms with Crippen molar-refractivity contribution in [2.45, 2.75) is 62.6 Å². The summed E-state index contributed by atoms with van der Waals surface area (Å²) in [5.41, 5.74) is 2.56. The summed E-state index contributed by atoms with van der Waals surface area (Å²) in [6.07, 6.45) is -3.16. The fourth-order valence-electron chi connectivity index (χ4n) is 7.46. The smallest absolute Gasteiger partial charge is 0.335 e. The fraction of sp³-hybridized carbons (Fsp3) is 0.326. The van der Waals surface area contributed by atoms with Gasteiger partial charge in [-0.25, -0.2) is 4.79 Å². The summed E-state index contributed by atoms with van der Waals surface area (Å²) in [7, 11) is -0.259. The summed E-state index contributed by atoms with van der Waals surface area (Å²) < 4.78 is 37.8. The van der Waals surface area contributed by atoms with Gasteiger partial charge in [0.2, 0.25) is 0 Å². The van der Waals surface area contributed by atoms with Crippen LogP contribution in [0, 0.1) is 0 Å². The van der Waals surface area contributed by atoms with Crippen molar-refractivity contribution in [2.24, 2.45) is 0 Å². The fourth-order valence-corrected chi connectivity index (χ4v) is 12.0. The zero-order chi connectivity index (χ0) is 39.1. The van der Waals surface area contributed by atoms with Crippen molar-refractivity contribution < 1.29 is 38.0 Å². The lowest BCUT2D eigenvalue weighted by molar-refractivity contribution is -0.166. The highest BCUT2D eigenvalue weighted by Gasteiger charge is 2.52. The maximum absolute atomic E-state index is 13.2. The third-order valence-corrected chi connectivity index (χ3v) is 15.0. The molecular formula is C46H54O8Si. The molecule has 290 valence electrons. The minimum Gasteiger partial charge on any atom is -0.467 e. The van der Waals surface area contributed by atoms with Crippen molar-refractivity contribution in [1.82, 2.24) is 0 Å². The summed E-state index contributed by atoms with van der Waals surface area (Å²) in [4.78, 5) is 13.2. The number of hydrogen-bond acceptors (Lipinski definition) is 8. The van der Waals surface area contributed by atoms with Gasteiger partial charge in [0.25, 0.3) is 8.32 Å². The number of rotatable bonds is 20. The first-order valence-corrected chi connectivity index (χ1v) is 20.6. The van der Waals surface area contributed by atoms with E-state index in [2.05, 4.69) is 69.3 Å². The normalized spacial score (nSPS) is 14.7. The molecule has 5 rings (SSSR count). The molecule has 5 aromatic rings. The van der Waals surface area contributed by atoms with Crippen LogP contribution in [0.4, 0.5) is 0 Å². The van der Waals surface area contributed by atoms with Gasteiger partial charge in [-0.15, -0.1) is 0 Å². The molecule has 0 saturated carbocycles. The number of hydrogen-bond donors (Lipinski definition) is 1. The van der Waals surface area contributed by atoms with E-state index >= 15 is 0 Å². The van der Waals surface area contributed by atoms with Gasteiger partial charge in [-0.1, -0.05) is 172 Å². The van der Waals surface area contributed by atoms with Crippen LogP contribution >= 0.6 is 0 Å². The topological polar surface area (TPSA) is 92.7 Å². The molecule has 5 aromatic carbocycles. The predicted molar refractivity (Wildman–Crippen MR) is 218 cm³/mol. The van der Waals surface area contributed by atoms with E-state index in [4.69, 9.17) is 28.1 Å². The van der Waals surface area contributed by atoms with Crippen molar-refractivity contribution >= 4 is 24.7 Å². The number of ether oxygens (including phenoxy) is 5. The van der Waals surface area contributed by atoms with E-state index in [0.29, 0.717) is 12.2 Å². The van der Waals surface area contributed by atoms with Crippen molar-refractivity contribution in [3.05, 3.63) is 168 Å². The van der Waals surface area contributed by atoms with E-state index in [0.717, 1.165) is 21.5 Å². The van der Waals surface area contributed by atoms with E-state index in [-0.39, 0.29) is 25.2 Å². The first-order valence-electron chi connectivity index (χ1n) is 18.7. The van der Waals surface area contributed by atoms with Gasteiger partial charge in [0, 0.05) is 18.9 Å².